The summed E-state index contributed by atoms with van der Waals surface area (Å²) < 4.78 is 21.0. The van der Waals surface area contributed by atoms with Crippen LogP contribution in [0.4, 0.5) is 10.1 Å². The molecule has 4 rings (SSSR count). The van der Waals surface area contributed by atoms with Gasteiger partial charge in [0.2, 0.25) is 5.89 Å². The zero-order valence-corrected chi connectivity index (χ0v) is 17.7. The number of nitrogens with one attached hydrogen (secondary N) is 1. The average molecular weight is 419 g/mol. The first-order valence-corrected chi connectivity index (χ1v) is 9.83. The summed E-state index contributed by atoms with van der Waals surface area (Å²) in [7, 11) is 0. The number of anilines is 1. The smallest absolute Gasteiger partial charge is 0.278 e. The number of amides is 1. The molecule has 0 aliphatic heterocycles. The number of nitrogens with zero attached hydrogens (tertiary/aromatic N) is 4. The molecule has 2 aromatic heterocycles. The van der Waals surface area contributed by atoms with Gasteiger partial charge in [-0.3, -0.25) is 4.79 Å². The summed E-state index contributed by atoms with van der Waals surface area (Å²) in [6, 6.07) is 12.1. The standard InChI is InChI=1S/C23H22FN5O2/c1-13-7-5-6-8-18(13)23-26-20(16(4)31-23)12-29-15(3)21(27-28-29)22(30)25-19-11-17(24)10-9-14(19)2/h5-11H,12H2,1-4H3,(H,25,30). The largest absolute Gasteiger partial charge is 0.441 e. The van der Waals surface area contributed by atoms with Crippen LogP contribution in [0.2, 0.25) is 0 Å². The quantitative estimate of drug-likeness (QED) is 0.511. The van der Waals surface area contributed by atoms with E-state index >= 15 is 0 Å². The molecule has 7 nitrogen and oxygen atoms in total. The Kier molecular flexibility index (Phi) is 5.37. The molecule has 0 fully saturated rings. The van der Waals surface area contributed by atoms with E-state index in [0.717, 1.165) is 16.7 Å². The normalized spacial score (nSPS) is 11.0. The molecule has 0 spiro atoms. The van der Waals surface area contributed by atoms with E-state index in [9.17, 15) is 9.18 Å². The van der Waals surface area contributed by atoms with E-state index in [1.807, 2.05) is 38.1 Å². The van der Waals surface area contributed by atoms with Crippen molar-refractivity contribution >= 4 is 11.6 Å². The van der Waals surface area contributed by atoms with E-state index in [4.69, 9.17) is 4.42 Å². The molecule has 0 aliphatic carbocycles. The highest BCUT2D eigenvalue weighted by Crippen LogP contribution is 2.25. The molecule has 0 unspecified atom stereocenters. The second kappa shape index (κ2) is 8.14. The summed E-state index contributed by atoms with van der Waals surface area (Å²) in [6.07, 6.45) is 0. The Bertz CT molecular complexity index is 1270. The Labute approximate surface area is 178 Å². The number of halogens is 1. The van der Waals surface area contributed by atoms with Crippen molar-refractivity contribution in [2.24, 2.45) is 0 Å². The van der Waals surface area contributed by atoms with Gasteiger partial charge in [-0.2, -0.15) is 0 Å². The molecular weight excluding hydrogens is 397 g/mol. The van der Waals surface area contributed by atoms with Crippen LogP contribution in [0.25, 0.3) is 11.5 Å². The third-order valence-corrected chi connectivity index (χ3v) is 5.21. The molecule has 0 bridgehead atoms. The molecule has 4 aromatic rings. The lowest BCUT2D eigenvalue weighted by molar-refractivity contribution is 0.102. The van der Waals surface area contributed by atoms with E-state index < -0.39 is 11.7 Å². The number of carbonyl (C=O) groups is 1. The van der Waals surface area contributed by atoms with Crippen LogP contribution in [0.5, 0.6) is 0 Å². The SMILES string of the molecule is Cc1ccc(F)cc1NC(=O)c1nnn(Cc2nc(-c3ccccc3C)oc2C)c1C. The predicted molar refractivity (Wildman–Crippen MR) is 114 cm³/mol. The maximum atomic E-state index is 13.5. The summed E-state index contributed by atoms with van der Waals surface area (Å²) in [5, 5.41) is 10.8. The predicted octanol–water partition coefficient (Wildman–Crippen LogP) is 4.61. The van der Waals surface area contributed by atoms with E-state index in [0.29, 0.717) is 35.3 Å². The van der Waals surface area contributed by atoms with Crippen LogP contribution in [0.1, 0.15) is 38.8 Å². The first kappa shape index (κ1) is 20.5. The molecule has 8 heteroatoms. The molecule has 0 radical (unpaired) electrons. The van der Waals surface area contributed by atoms with Crippen LogP contribution in [0, 0.1) is 33.5 Å². The van der Waals surface area contributed by atoms with Gasteiger partial charge in [0.05, 0.1) is 12.2 Å². The van der Waals surface area contributed by atoms with Gasteiger partial charge in [-0.15, -0.1) is 5.10 Å². The van der Waals surface area contributed by atoms with E-state index in [2.05, 4.69) is 20.6 Å². The van der Waals surface area contributed by atoms with Gasteiger partial charge in [0.1, 0.15) is 17.3 Å². The highest BCUT2D eigenvalue weighted by atomic mass is 19.1. The van der Waals surface area contributed by atoms with Gasteiger partial charge in [-0.05, 0) is 57.0 Å². The Hall–Kier alpha value is -3.81. The summed E-state index contributed by atoms with van der Waals surface area (Å²) in [4.78, 5) is 17.3. The van der Waals surface area contributed by atoms with Crippen LogP contribution < -0.4 is 5.32 Å². The van der Waals surface area contributed by atoms with Crippen molar-refractivity contribution in [1.82, 2.24) is 20.0 Å². The van der Waals surface area contributed by atoms with Gasteiger partial charge >= 0.3 is 0 Å². The minimum Gasteiger partial charge on any atom is -0.441 e. The summed E-state index contributed by atoms with van der Waals surface area (Å²) in [5.41, 5.74) is 4.60. The Morgan fingerprint density at radius 2 is 1.87 bits per heavy atom. The van der Waals surface area contributed by atoms with Gasteiger partial charge in [0.25, 0.3) is 5.91 Å². The van der Waals surface area contributed by atoms with Gasteiger partial charge in [-0.1, -0.05) is 29.5 Å². The van der Waals surface area contributed by atoms with Crippen molar-refractivity contribution in [2.45, 2.75) is 34.2 Å². The van der Waals surface area contributed by atoms with E-state index in [1.165, 1.54) is 12.1 Å². The number of oxazole rings is 1. The van der Waals surface area contributed by atoms with Crippen LogP contribution in [0.15, 0.2) is 46.9 Å². The fourth-order valence-corrected chi connectivity index (χ4v) is 3.28. The van der Waals surface area contributed by atoms with Gasteiger partial charge in [0.15, 0.2) is 5.69 Å². The molecule has 1 amide bonds. The lowest BCUT2D eigenvalue weighted by atomic mass is 10.1. The zero-order chi connectivity index (χ0) is 22.1. The highest BCUT2D eigenvalue weighted by molar-refractivity contribution is 6.03. The molecule has 1 N–H and O–H groups in total. The molecular formula is C23H22FN5O2. The molecule has 2 aromatic carbocycles. The third-order valence-electron chi connectivity index (χ3n) is 5.21. The molecule has 31 heavy (non-hydrogen) atoms. The first-order valence-electron chi connectivity index (χ1n) is 9.83. The Balaban J connectivity index is 1.56. The Morgan fingerprint density at radius 3 is 2.65 bits per heavy atom. The first-order chi connectivity index (χ1) is 14.8. The number of hydrogen-bond acceptors (Lipinski definition) is 5. The molecule has 0 saturated carbocycles. The summed E-state index contributed by atoms with van der Waals surface area (Å²) in [5.74, 6) is 0.347. The lowest BCUT2D eigenvalue weighted by Gasteiger charge is -2.07. The maximum Gasteiger partial charge on any atom is 0.278 e. The van der Waals surface area contributed by atoms with Gasteiger partial charge in [-0.25, -0.2) is 14.1 Å². The van der Waals surface area contributed by atoms with Gasteiger partial charge in [0, 0.05) is 11.3 Å². The van der Waals surface area contributed by atoms with E-state index in [1.54, 1.807) is 24.6 Å². The van der Waals surface area contributed by atoms with Crippen LogP contribution in [-0.4, -0.2) is 25.9 Å². The third kappa shape index (κ3) is 4.09. The minimum absolute atomic E-state index is 0.170. The lowest BCUT2D eigenvalue weighted by Crippen LogP contribution is -2.15. The number of rotatable bonds is 5. The maximum absolute atomic E-state index is 13.5. The fourth-order valence-electron chi connectivity index (χ4n) is 3.28. The molecule has 2 heterocycles. The molecule has 0 aliphatic rings. The minimum atomic E-state index is -0.449. The number of aromatic nitrogens is 4. The van der Waals surface area contributed by atoms with Crippen LogP contribution in [0.3, 0.4) is 0 Å². The summed E-state index contributed by atoms with van der Waals surface area (Å²) in [6.45, 7) is 7.70. The van der Waals surface area contributed by atoms with Crippen molar-refractivity contribution < 1.29 is 13.6 Å². The number of aryl methyl sites for hydroxylation is 3. The average Bonchev–Trinajstić information content (AvgIpc) is 3.28. The van der Waals surface area contributed by atoms with Crippen molar-refractivity contribution in [3.05, 3.63) is 82.3 Å². The zero-order valence-electron chi connectivity index (χ0n) is 17.7. The van der Waals surface area contributed by atoms with Crippen molar-refractivity contribution in [2.75, 3.05) is 5.32 Å². The van der Waals surface area contributed by atoms with Crippen molar-refractivity contribution in [1.29, 1.82) is 0 Å². The van der Waals surface area contributed by atoms with Crippen LogP contribution >= 0.6 is 0 Å². The second-order valence-electron chi connectivity index (χ2n) is 7.43. The fraction of sp³-hybridized carbons (Fsp3) is 0.217. The number of benzene rings is 2. The van der Waals surface area contributed by atoms with E-state index in [-0.39, 0.29) is 5.69 Å². The summed E-state index contributed by atoms with van der Waals surface area (Å²) >= 11 is 0. The monoisotopic (exact) mass is 419 g/mol. The van der Waals surface area contributed by atoms with Gasteiger partial charge < -0.3 is 9.73 Å². The van der Waals surface area contributed by atoms with Crippen molar-refractivity contribution in [3.63, 3.8) is 0 Å². The Morgan fingerprint density at radius 1 is 1.10 bits per heavy atom. The van der Waals surface area contributed by atoms with Crippen LogP contribution in [-0.2, 0) is 6.54 Å². The van der Waals surface area contributed by atoms with Crippen molar-refractivity contribution in [3.8, 4) is 11.5 Å². The molecule has 0 atom stereocenters. The number of hydrogen-bond donors (Lipinski definition) is 1. The number of carbonyl (C=O) groups excluding carboxylic acids is 1. The molecule has 0 saturated heterocycles. The molecule has 158 valence electrons. The topological polar surface area (TPSA) is 85.8 Å². The second-order valence-corrected chi connectivity index (χ2v) is 7.43. The highest BCUT2D eigenvalue weighted by Gasteiger charge is 2.20.